The molecular formula is C16H19N3O2S. The molecule has 6 heteroatoms. The van der Waals surface area contributed by atoms with Crippen molar-refractivity contribution < 1.29 is 9.90 Å². The fourth-order valence-electron chi connectivity index (χ4n) is 2.32. The van der Waals surface area contributed by atoms with Crippen LogP contribution in [0.2, 0.25) is 0 Å². The maximum atomic E-state index is 11.2. The molecule has 0 bridgehead atoms. The van der Waals surface area contributed by atoms with Crippen molar-refractivity contribution in [2.24, 2.45) is 0 Å². The predicted molar refractivity (Wildman–Crippen MR) is 87.6 cm³/mol. The SMILES string of the molecule is C=C/C=C(\C=C(/C)N1CCc2nc(SC)ncc2C1)C(=O)O. The van der Waals surface area contributed by atoms with Crippen molar-refractivity contribution in [3.05, 3.63) is 53.5 Å². The van der Waals surface area contributed by atoms with Crippen molar-refractivity contribution in [3.63, 3.8) is 0 Å². The number of hydrogen-bond acceptors (Lipinski definition) is 5. The van der Waals surface area contributed by atoms with Crippen molar-refractivity contribution in [2.45, 2.75) is 25.0 Å². The van der Waals surface area contributed by atoms with Crippen LogP contribution in [0.25, 0.3) is 0 Å². The van der Waals surface area contributed by atoms with Gasteiger partial charge in [0.1, 0.15) is 0 Å². The summed E-state index contributed by atoms with van der Waals surface area (Å²) in [5, 5.41) is 9.96. The minimum atomic E-state index is -0.954. The Morgan fingerprint density at radius 2 is 2.32 bits per heavy atom. The summed E-state index contributed by atoms with van der Waals surface area (Å²) in [6.45, 7) is 6.99. The van der Waals surface area contributed by atoms with Crippen molar-refractivity contribution in [2.75, 3.05) is 12.8 Å². The van der Waals surface area contributed by atoms with E-state index in [1.807, 2.05) is 19.4 Å². The number of thioether (sulfide) groups is 1. The van der Waals surface area contributed by atoms with E-state index in [0.29, 0.717) is 6.54 Å². The first-order valence-electron chi connectivity index (χ1n) is 6.93. The van der Waals surface area contributed by atoms with Gasteiger partial charge >= 0.3 is 5.97 Å². The van der Waals surface area contributed by atoms with Crippen molar-refractivity contribution in [1.82, 2.24) is 14.9 Å². The molecule has 0 aromatic carbocycles. The fraction of sp³-hybridized carbons (Fsp3) is 0.312. The predicted octanol–water partition coefficient (Wildman–Crippen LogP) is 2.66. The monoisotopic (exact) mass is 317 g/mol. The van der Waals surface area contributed by atoms with Crippen LogP contribution in [0.15, 0.2) is 47.4 Å². The van der Waals surface area contributed by atoms with Gasteiger partial charge in [-0.1, -0.05) is 24.4 Å². The Kier molecular flexibility index (Phi) is 5.38. The lowest BCUT2D eigenvalue weighted by molar-refractivity contribution is -0.132. The summed E-state index contributed by atoms with van der Waals surface area (Å²) in [5.74, 6) is -0.954. The molecule has 0 aliphatic carbocycles. The highest BCUT2D eigenvalue weighted by atomic mass is 32.2. The Labute approximate surface area is 134 Å². The molecule has 0 saturated carbocycles. The van der Waals surface area contributed by atoms with E-state index in [1.165, 1.54) is 23.9 Å². The van der Waals surface area contributed by atoms with E-state index in [0.717, 1.165) is 35.1 Å². The second-order valence-corrected chi connectivity index (χ2v) is 5.72. The summed E-state index contributed by atoms with van der Waals surface area (Å²) in [4.78, 5) is 22.2. The Morgan fingerprint density at radius 1 is 1.55 bits per heavy atom. The molecule has 5 nitrogen and oxygen atoms in total. The molecule has 1 aromatic rings. The van der Waals surface area contributed by atoms with Gasteiger partial charge in [-0.25, -0.2) is 14.8 Å². The lowest BCUT2D eigenvalue weighted by Gasteiger charge is -2.30. The molecule has 1 N–H and O–H groups in total. The summed E-state index contributed by atoms with van der Waals surface area (Å²) >= 11 is 1.54. The third kappa shape index (κ3) is 3.76. The van der Waals surface area contributed by atoms with Gasteiger partial charge in [0.15, 0.2) is 5.16 Å². The summed E-state index contributed by atoms with van der Waals surface area (Å²) in [6, 6.07) is 0. The van der Waals surface area contributed by atoms with Crippen molar-refractivity contribution >= 4 is 17.7 Å². The summed E-state index contributed by atoms with van der Waals surface area (Å²) in [6.07, 6.45) is 9.32. The second kappa shape index (κ2) is 7.26. The average Bonchev–Trinajstić information content (AvgIpc) is 2.53. The number of nitrogens with zero attached hydrogens (tertiary/aromatic N) is 3. The number of aliphatic carboxylic acids is 1. The molecule has 0 unspecified atom stereocenters. The van der Waals surface area contributed by atoms with E-state index in [2.05, 4.69) is 21.4 Å². The number of carboxylic acid groups (broad SMARTS) is 1. The van der Waals surface area contributed by atoms with Crippen LogP contribution in [0, 0.1) is 0 Å². The number of rotatable bonds is 5. The van der Waals surface area contributed by atoms with Crippen LogP contribution >= 0.6 is 11.8 Å². The lowest BCUT2D eigenvalue weighted by atomic mass is 10.1. The van der Waals surface area contributed by atoms with Crippen molar-refractivity contribution in [3.8, 4) is 0 Å². The zero-order valence-electron chi connectivity index (χ0n) is 12.7. The van der Waals surface area contributed by atoms with Gasteiger partial charge in [-0.05, 0) is 25.3 Å². The molecule has 2 rings (SSSR count). The molecule has 0 saturated heterocycles. The van der Waals surface area contributed by atoms with Crippen LogP contribution < -0.4 is 0 Å². The largest absolute Gasteiger partial charge is 0.478 e. The normalized spacial score (nSPS) is 15.5. The Bertz CT molecular complexity index is 653. The van der Waals surface area contributed by atoms with E-state index in [4.69, 9.17) is 5.11 Å². The Hall–Kier alpha value is -2.08. The molecule has 0 spiro atoms. The van der Waals surface area contributed by atoms with Crippen LogP contribution in [0.1, 0.15) is 18.2 Å². The molecule has 2 heterocycles. The minimum Gasteiger partial charge on any atom is -0.478 e. The van der Waals surface area contributed by atoms with Crippen LogP contribution in [0.5, 0.6) is 0 Å². The highest BCUT2D eigenvalue weighted by molar-refractivity contribution is 7.98. The van der Waals surface area contributed by atoms with Gasteiger partial charge < -0.3 is 10.0 Å². The van der Waals surface area contributed by atoms with Crippen molar-refractivity contribution in [1.29, 1.82) is 0 Å². The van der Waals surface area contributed by atoms with Crippen LogP contribution in [-0.2, 0) is 17.8 Å². The third-order valence-electron chi connectivity index (χ3n) is 3.50. The molecule has 1 aliphatic rings. The lowest BCUT2D eigenvalue weighted by Crippen LogP contribution is -2.30. The van der Waals surface area contributed by atoms with Gasteiger partial charge in [-0.3, -0.25) is 0 Å². The quantitative estimate of drug-likeness (QED) is 0.390. The first-order valence-corrected chi connectivity index (χ1v) is 8.15. The first-order chi connectivity index (χ1) is 10.5. The van der Waals surface area contributed by atoms with E-state index in [-0.39, 0.29) is 5.57 Å². The highest BCUT2D eigenvalue weighted by Gasteiger charge is 2.19. The summed E-state index contributed by atoms with van der Waals surface area (Å²) in [7, 11) is 0. The van der Waals surface area contributed by atoms with Gasteiger partial charge in [0.05, 0.1) is 11.3 Å². The molecular weight excluding hydrogens is 298 g/mol. The van der Waals surface area contributed by atoms with E-state index < -0.39 is 5.97 Å². The van der Waals surface area contributed by atoms with Gasteiger partial charge in [0, 0.05) is 37.0 Å². The molecule has 0 radical (unpaired) electrons. The number of hydrogen-bond donors (Lipinski definition) is 1. The Balaban J connectivity index is 2.19. The van der Waals surface area contributed by atoms with E-state index in [9.17, 15) is 4.79 Å². The Morgan fingerprint density at radius 3 is 2.95 bits per heavy atom. The number of fused-ring (bicyclic) bond motifs is 1. The zero-order chi connectivity index (χ0) is 16.1. The molecule has 0 fully saturated rings. The number of carbonyl (C=O) groups is 1. The van der Waals surface area contributed by atoms with Gasteiger partial charge in [-0.2, -0.15) is 0 Å². The fourth-order valence-corrected chi connectivity index (χ4v) is 2.68. The topological polar surface area (TPSA) is 66.3 Å². The summed E-state index contributed by atoms with van der Waals surface area (Å²) in [5.41, 5.74) is 3.33. The van der Waals surface area contributed by atoms with E-state index in [1.54, 1.807) is 6.08 Å². The van der Waals surface area contributed by atoms with Gasteiger partial charge in [-0.15, -0.1) is 0 Å². The molecule has 116 valence electrons. The highest BCUT2D eigenvalue weighted by Crippen LogP contribution is 2.22. The molecule has 1 aromatic heterocycles. The average molecular weight is 317 g/mol. The second-order valence-electron chi connectivity index (χ2n) is 4.95. The minimum absolute atomic E-state index is 0.229. The standard InChI is InChI=1S/C16H19N3O2S/c1-4-5-12(15(20)21)8-11(2)19-7-6-14-13(10-19)9-17-16(18-14)22-3/h4-5,8-9H,1,6-7,10H2,2-3H3,(H,20,21)/b11-8+,12-5+. The number of carboxylic acids is 1. The molecule has 1 aliphatic heterocycles. The van der Waals surface area contributed by atoms with Gasteiger partial charge in [0.2, 0.25) is 0 Å². The molecule has 22 heavy (non-hydrogen) atoms. The maximum absolute atomic E-state index is 11.2. The van der Waals surface area contributed by atoms with Crippen LogP contribution in [0.3, 0.4) is 0 Å². The maximum Gasteiger partial charge on any atom is 0.335 e. The molecule has 0 amide bonds. The van der Waals surface area contributed by atoms with Crippen LogP contribution in [0.4, 0.5) is 0 Å². The number of allylic oxidation sites excluding steroid dienone is 3. The smallest absolute Gasteiger partial charge is 0.335 e. The summed E-state index contributed by atoms with van der Waals surface area (Å²) < 4.78 is 0. The first kappa shape index (κ1) is 16.3. The zero-order valence-corrected chi connectivity index (χ0v) is 13.6. The molecule has 0 atom stereocenters. The number of aromatic nitrogens is 2. The van der Waals surface area contributed by atoms with Crippen LogP contribution in [-0.4, -0.2) is 38.7 Å². The van der Waals surface area contributed by atoms with Gasteiger partial charge in [0.25, 0.3) is 0 Å². The van der Waals surface area contributed by atoms with E-state index >= 15 is 0 Å². The third-order valence-corrected chi connectivity index (χ3v) is 4.06.